The van der Waals surface area contributed by atoms with Gasteiger partial charge in [-0.05, 0) is 45.8 Å². The Hall–Kier alpha value is -2.04. The number of nitrogens with one attached hydrogen (secondary N) is 1. The van der Waals surface area contributed by atoms with Crippen molar-refractivity contribution in [2.75, 3.05) is 4.72 Å². The van der Waals surface area contributed by atoms with Gasteiger partial charge in [-0.25, -0.2) is 8.42 Å². The van der Waals surface area contributed by atoms with Crippen LogP contribution < -0.4 is 4.72 Å². The first-order valence-electron chi connectivity index (χ1n) is 5.88. The molecule has 0 unspecified atom stereocenters. The van der Waals surface area contributed by atoms with E-state index in [1.807, 2.05) is 6.07 Å². The lowest BCUT2D eigenvalue weighted by Gasteiger charge is -2.10. The lowest BCUT2D eigenvalue weighted by molar-refractivity contribution is 0.474. The van der Waals surface area contributed by atoms with Crippen LogP contribution in [-0.4, -0.2) is 13.5 Å². The number of anilines is 1. The van der Waals surface area contributed by atoms with E-state index in [0.717, 1.165) is 0 Å². The van der Waals surface area contributed by atoms with Crippen molar-refractivity contribution in [2.45, 2.75) is 5.75 Å². The van der Waals surface area contributed by atoms with Crippen LogP contribution in [0.4, 0.5) is 5.69 Å². The van der Waals surface area contributed by atoms with Crippen molar-refractivity contribution in [2.24, 2.45) is 0 Å². The lowest BCUT2D eigenvalue weighted by Crippen LogP contribution is -2.15. The van der Waals surface area contributed by atoms with Crippen LogP contribution in [0.3, 0.4) is 0 Å². The second kappa shape index (κ2) is 6.16. The largest absolute Gasteiger partial charge is 0.505 e. The van der Waals surface area contributed by atoms with E-state index >= 15 is 0 Å². The molecule has 2 aromatic carbocycles. The smallest absolute Gasteiger partial charge is 0.237 e. The van der Waals surface area contributed by atoms with Gasteiger partial charge in [-0.2, -0.15) is 5.26 Å². The van der Waals surface area contributed by atoms with Gasteiger partial charge in [0.05, 0.1) is 27.5 Å². The summed E-state index contributed by atoms with van der Waals surface area (Å²) in [7, 11) is -3.66. The Morgan fingerprint density at radius 1 is 1.19 bits per heavy atom. The third kappa shape index (κ3) is 3.97. The Labute approximate surface area is 131 Å². The summed E-state index contributed by atoms with van der Waals surface area (Å²) < 4.78 is 26.9. The van der Waals surface area contributed by atoms with Crippen LogP contribution in [0.25, 0.3) is 0 Å². The number of benzene rings is 2. The van der Waals surface area contributed by atoms with Crippen LogP contribution in [0.5, 0.6) is 5.75 Å². The van der Waals surface area contributed by atoms with Crippen molar-refractivity contribution in [3.8, 4) is 11.8 Å². The Morgan fingerprint density at radius 2 is 1.86 bits per heavy atom. The molecule has 0 saturated heterocycles. The molecule has 0 saturated carbocycles. The highest BCUT2D eigenvalue weighted by atomic mass is 79.9. The normalized spacial score (nSPS) is 10.9. The van der Waals surface area contributed by atoms with E-state index in [1.165, 1.54) is 6.07 Å². The van der Waals surface area contributed by atoms with Crippen LogP contribution in [-0.2, 0) is 15.8 Å². The van der Waals surface area contributed by atoms with Crippen LogP contribution in [0.15, 0.2) is 46.9 Å². The minimum absolute atomic E-state index is 0.109. The molecular formula is C14H11BrN2O3S. The average molecular weight is 367 g/mol. The third-order valence-corrected chi connectivity index (χ3v) is 4.58. The molecule has 0 atom stereocenters. The van der Waals surface area contributed by atoms with E-state index in [2.05, 4.69) is 20.7 Å². The molecular weight excluding hydrogens is 356 g/mol. The molecule has 0 fully saturated rings. The molecule has 0 aromatic heterocycles. The first kappa shape index (κ1) is 15.4. The molecule has 7 heteroatoms. The monoisotopic (exact) mass is 366 g/mol. The van der Waals surface area contributed by atoms with Crippen LogP contribution in [0.2, 0.25) is 0 Å². The summed E-state index contributed by atoms with van der Waals surface area (Å²) in [4.78, 5) is 0. The zero-order valence-electron chi connectivity index (χ0n) is 10.7. The highest BCUT2D eigenvalue weighted by Crippen LogP contribution is 2.32. The first-order valence-corrected chi connectivity index (χ1v) is 8.33. The number of phenolic OH excluding ortho intramolecular Hbond substituents is 1. The van der Waals surface area contributed by atoms with Gasteiger partial charge in [0.25, 0.3) is 0 Å². The topological polar surface area (TPSA) is 90.2 Å². The quantitative estimate of drug-likeness (QED) is 0.813. The highest BCUT2D eigenvalue weighted by Gasteiger charge is 2.15. The van der Waals surface area contributed by atoms with Gasteiger partial charge in [0.15, 0.2) is 5.75 Å². The van der Waals surface area contributed by atoms with E-state index in [1.54, 1.807) is 36.4 Å². The molecule has 108 valence electrons. The molecule has 2 rings (SSSR count). The number of hydrogen-bond donors (Lipinski definition) is 2. The Morgan fingerprint density at radius 3 is 2.48 bits per heavy atom. The zero-order valence-corrected chi connectivity index (χ0v) is 13.1. The van der Waals surface area contributed by atoms with Gasteiger partial charge >= 0.3 is 0 Å². The number of nitriles is 1. The molecule has 0 radical (unpaired) electrons. The molecule has 0 aliphatic rings. The fourth-order valence-corrected chi connectivity index (χ4v) is 3.27. The van der Waals surface area contributed by atoms with E-state index in [4.69, 9.17) is 5.26 Å². The fraction of sp³-hybridized carbons (Fsp3) is 0.0714. The van der Waals surface area contributed by atoms with E-state index in [9.17, 15) is 13.5 Å². The summed E-state index contributed by atoms with van der Waals surface area (Å²) in [6, 6.07) is 12.9. The predicted octanol–water partition coefficient (Wildman–Crippen LogP) is 2.97. The molecule has 0 aliphatic carbocycles. The van der Waals surface area contributed by atoms with E-state index in [0.29, 0.717) is 15.6 Å². The van der Waals surface area contributed by atoms with Crippen molar-refractivity contribution in [3.05, 3.63) is 58.1 Å². The molecule has 0 heterocycles. The molecule has 0 amide bonds. The fourth-order valence-electron chi connectivity index (χ4n) is 1.70. The summed E-state index contributed by atoms with van der Waals surface area (Å²) in [5, 5.41) is 18.5. The molecule has 0 aliphatic heterocycles. The van der Waals surface area contributed by atoms with Crippen molar-refractivity contribution in [1.29, 1.82) is 5.26 Å². The van der Waals surface area contributed by atoms with Crippen molar-refractivity contribution < 1.29 is 13.5 Å². The number of halogens is 1. The number of nitrogens with zero attached hydrogens (tertiary/aromatic N) is 1. The van der Waals surface area contributed by atoms with Crippen molar-refractivity contribution in [1.82, 2.24) is 0 Å². The maximum absolute atomic E-state index is 12.1. The maximum Gasteiger partial charge on any atom is 0.237 e. The average Bonchev–Trinajstić information content (AvgIpc) is 2.44. The van der Waals surface area contributed by atoms with Gasteiger partial charge in [0.1, 0.15) is 0 Å². The number of para-hydroxylation sites is 1. The van der Waals surface area contributed by atoms with Crippen molar-refractivity contribution in [3.63, 3.8) is 0 Å². The molecule has 21 heavy (non-hydrogen) atoms. The Balaban J connectivity index is 2.18. The minimum Gasteiger partial charge on any atom is -0.505 e. The number of phenols is 1. The molecule has 2 aromatic rings. The summed E-state index contributed by atoms with van der Waals surface area (Å²) in [5.74, 6) is -0.411. The van der Waals surface area contributed by atoms with Gasteiger partial charge in [-0.1, -0.05) is 18.2 Å². The minimum atomic E-state index is -3.66. The number of sulfonamides is 1. The van der Waals surface area contributed by atoms with Gasteiger partial charge in [-0.3, -0.25) is 4.72 Å². The standard InChI is InChI=1S/C14H11BrN2O3S/c15-12-2-1-3-13(14(12)18)17-21(19,20)9-11-6-4-10(8-16)5-7-11/h1-7,17-18H,9H2. The summed E-state index contributed by atoms with van der Waals surface area (Å²) in [6.45, 7) is 0. The Bertz CT molecular complexity index is 796. The number of aromatic hydroxyl groups is 1. The lowest BCUT2D eigenvalue weighted by atomic mass is 10.2. The van der Waals surface area contributed by atoms with Crippen LogP contribution >= 0.6 is 15.9 Å². The summed E-state index contributed by atoms with van der Waals surface area (Å²) in [6.07, 6.45) is 0. The summed E-state index contributed by atoms with van der Waals surface area (Å²) in [5.41, 5.74) is 1.13. The summed E-state index contributed by atoms with van der Waals surface area (Å²) >= 11 is 3.12. The first-order chi connectivity index (χ1) is 9.91. The van der Waals surface area contributed by atoms with Crippen LogP contribution in [0, 0.1) is 11.3 Å². The van der Waals surface area contributed by atoms with Gasteiger partial charge < -0.3 is 5.11 Å². The SMILES string of the molecule is N#Cc1ccc(CS(=O)(=O)Nc2cccc(Br)c2O)cc1. The number of hydrogen-bond acceptors (Lipinski definition) is 4. The van der Waals surface area contributed by atoms with Gasteiger partial charge in [-0.15, -0.1) is 0 Å². The van der Waals surface area contributed by atoms with Gasteiger partial charge in [0, 0.05) is 0 Å². The zero-order chi connectivity index (χ0) is 15.5. The predicted molar refractivity (Wildman–Crippen MR) is 83.2 cm³/mol. The van der Waals surface area contributed by atoms with Gasteiger partial charge in [0.2, 0.25) is 10.0 Å². The molecule has 0 bridgehead atoms. The highest BCUT2D eigenvalue weighted by molar-refractivity contribution is 9.10. The Kier molecular flexibility index (Phi) is 4.50. The maximum atomic E-state index is 12.1. The second-order valence-electron chi connectivity index (χ2n) is 4.31. The molecule has 0 spiro atoms. The van der Waals surface area contributed by atoms with Crippen molar-refractivity contribution >= 4 is 31.6 Å². The molecule has 5 nitrogen and oxygen atoms in total. The third-order valence-electron chi connectivity index (χ3n) is 2.69. The number of rotatable bonds is 4. The molecule has 2 N–H and O–H groups in total. The van der Waals surface area contributed by atoms with Crippen LogP contribution in [0.1, 0.15) is 11.1 Å². The second-order valence-corrected chi connectivity index (χ2v) is 6.88. The van der Waals surface area contributed by atoms with E-state index in [-0.39, 0.29) is 17.2 Å². The van der Waals surface area contributed by atoms with E-state index < -0.39 is 10.0 Å².